The van der Waals surface area contributed by atoms with E-state index in [1.165, 1.54) is 7.11 Å². The average Bonchev–Trinajstić information content (AvgIpc) is 2.50. The molecule has 0 amide bonds. The summed E-state index contributed by atoms with van der Waals surface area (Å²) in [6.07, 6.45) is 2.83. The molecule has 1 heterocycles. The first-order valence-corrected chi connectivity index (χ1v) is 6.90. The van der Waals surface area contributed by atoms with Crippen LogP contribution in [0.2, 0.25) is 0 Å². The first kappa shape index (κ1) is 15.0. The minimum Gasteiger partial charge on any atom is -0.495 e. The molecule has 0 unspecified atom stereocenters. The summed E-state index contributed by atoms with van der Waals surface area (Å²) in [5.74, 6) is 0.440. The van der Waals surface area contributed by atoms with Crippen molar-refractivity contribution in [2.75, 3.05) is 13.8 Å². The van der Waals surface area contributed by atoms with E-state index < -0.39 is 0 Å². The van der Waals surface area contributed by atoms with Crippen molar-refractivity contribution in [3.8, 4) is 11.8 Å². The highest BCUT2D eigenvalue weighted by Crippen LogP contribution is 2.27. The molecular weight excluding hydrogens is 271 g/mol. The van der Waals surface area contributed by atoms with Gasteiger partial charge in [-0.05, 0) is 37.0 Å². The zero-order valence-electron chi connectivity index (χ0n) is 11.9. The summed E-state index contributed by atoms with van der Waals surface area (Å²) in [7, 11) is 1.49. The fourth-order valence-corrected chi connectivity index (χ4v) is 2.45. The number of nitriles is 1. The van der Waals surface area contributed by atoms with Crippen LogP contribution in [0.4, 0.5) is 4.39 Å². The fourth-order valence-electron chi connectivity index (χ4n) is 2.45. The summed E-state index contributed by atoms with van der Waals surface area (Å²) < 4.78 is 17.3. The maximum Gasteiger partial charge on any atom is 0.248 e. The lowest BCUT2D eigenvalue weighted by atomic mass is 10.0. The average molecular weight is 288 g/mol. The fraction of sp³-hybridized carbons (Fsp3) is 0.375. The number of benzene rings is 1. The molecule has 5 heteroatoms. The molecule has 0 aliphatic heterocycles. The molecule has 0 atom stereocenters. The Morgan fingerprint density at radius 2 is 2.14 bits per heavy atom. The molecule has 1 aromatic heterocycles. The third kappa shape index (κ3) is 3.22. The number of alkyl halides is 1. The van der Waals surface area contributed by atoms with Gasteiger partial charge in [0.15, 0.2) is 0 Å². The second kappa shape index (κ2) is 6.89. The lowest BCUT2D eigenvalue weighted by molar-refractivity contribution is 0.414. The van der Waals surface area contributed by atoms with E-state index in [2.05, 4.69) is 11.1 Å². The molecule has 4 nitrogen and oxygen atoms in total. The maximum absolute atomic E-state index is 12.1. The van der Waals surface area contributed by atoms with Crippen LogP contribution in [0.5, 0.6) is 5.75 Å². The van der Waals surface area contributed by atoms with Gasteiger partial charge in [0.25, 0.3) is 0 Å². The summed E-state index contributed by atoms with van der Waals surface area (Å²) in [6, 6.07) is 7.19. The van der Waals surface area contributed by atoms with Gasteiger partial charge < -0.3 is 9.72 Å². The van der Waals surface area contributed by atoms with Crippen molar-refractivity contribution < 1.29 is 9.13 Å². The first-order chi connectivity index (χ1) is 10.2. The van der Waals surface area contributed by atoms with Crippen LogP contribution in [0.3, 0.4) is 0 Å². The van der Waals surface area contributed by atoms with Crippen LogP contribution in [0.15, 0.2) is 23.0 Å². The first-order valence-electron chi connectivity index (χ1n) is 6.90. The smallest absolute Gasteiger partial charge is 0.248 e. The molecule has 0 saturated carbocycles. The number of methoxy groups -OCH3 is 1. The van der Waals surface area contributed by atoms with Crippen LogP contribution in [0, 0.1) is 11.3 Å². The van der Waals surface area contributed by atoms with E-state index in [9.17, 15) is 14.4 Å². The number of rotatable bonds is 6. The van der Waals surface area contributed by atoms with Gasteiger partial charge in [-0.15, -0.1) is 0 Å². The number of aromatic amines is 1. The van der Waals surface area contributed by atoms with Crippen molar-refractivity contribution in [1.29, 1.82) is 5.26 Å². The van der Waals surface area contributed by atoms with Crippen molar-refractivity contribution in [3.05, 3.63) is 39.7 Å². The predicted octanol–water partition coefficient (Wildman–Crippen LogP) is 3.09. The summed E-state index contributed by atoms with van der Waals surface area (Å²) in [4.78, 5) is 14.5. The van der Waals surface area contributed by atoms with Crippen LogP contribution in [0.25, 0.3) is 10.9 Å². The van der Waals surface area contributed by atoms with Crippen LogP contribution in [-0.2, 0) is 6.42 Å². The number of nitrogens with zero attached hydrogens (tertiary/aromatic N) is 1. The van der Waals surface area contributed by atoms with Gasteiger partial charge in [0.05, 0.1) is 19.3 Å². The zero-order valence-corrected chi connectivity index (χ0v) is 11.9. The van der Waals surface area contributed by atoms with Crippen molar-refractivity contribution >= 4 is 10.9 Å². The van der Waals surface area contributed by atoms with Crippen LogP contribution < -0.4 is 10.3 Å². The van der Waals surface area contributed by atoms with Crippen LogP contribution in [-0.4, -0.2) is 18.8 Å². The second-order valence-electron chi connectivity index (χ2n) is 4.84. The van der Waals surface area contributed by atoms with Crippen molar-refractivity contribution in [3.63, 3.8) is 0 Å². The van der Waals surface area contributed by atoms with Crippen molar-refractivity contribution in [2.45, 2.75) is 25.7 Å². The number of halogens is 1. The quantitative estimate of drug-likeness (QED) is 0.831. The van der Waals surface area contributed by atoms with Gasteiger partial charge in [0.1, 0.15) is 17.4 Å². The highest BCUT2D eigenvalue weighted by molar-refractivity contribution is 5.89. The topological polar surface area (TPSA) is 65.9 Å². The van der Waals surface area contributed by atoms with Gasteiger partial charge in [-0.1, -0.05) is 6.42 Å². The van der Waals surface area contributed by atoms with Gasteiger partial charge in [0, 0.05) is 11.5 Å². The summed E-state index contributed by atoms with van der Waals surface area (Å²) in [6.45, 7) is -0.314. The third-order valence-corrected chi connectivity index (χ3v) is 3.48. The van der Waals surface area contributed by atoms with E-state index in [-0.39, 0.29) is 12.2 Å². The number of unbranched alkanes of at least 4 members (excludes halogenated alkanes) is 2. The molecule has 110 valence electrons. The van der Waals surface area contributed by atoms with Gasteiger partial charge in [-0.25, -0.2) is 0 Å². The number of hydrogen-bond donors (Lipinski definition) is 1. The monoisotopic (exact) mass is 288 g/mol. The molecule has 21 heavy (non-hydrogen) atoms. The summed E-state index contributed by atoms with van der Waals surface area (Å²) in [5, 5.41) is 10.1. The molecule has 0 radical (unpaired) electrons. The highest BCUT2D eigenvalue weighted by Gasteiger charge is 2.12. The third-order valence-electron chi connectivity index (χ3n) is 3.48. The molecule has 1 aromatic carbocycles. The summed E-state index contributed by atoms with van der Waals surface area (Å²) >= 11 is 0. The number of ether oxygens (including phenoxy) is 1. The van der Waals surface area contributed by atoms with Crippen molar-refractivity contribution in [1.82, 2.24) is 4.98 Å². The number of fused-ring (bicyclic) bond motifs is 1. The summed E-state index contributed by atoms with van der Waals surface area (Å²) in [5.41, 5.74) is 1.47. The van der Waals surface area contributed by atoms with Crippen LogP contribution >= 0.6 is 0 Å². The molecule has 0 fully saturated rings. The van der Waals surface area contributed by atoms with E-state index >= 15 is 0 Å². The lowest BCUT2D eigenvalue weighted by Crippen LogP contribution is -2.08. The molecule has 0 bridgehead atoms. The minimum atomic E-state index is -0.314. The number of nitrogens with one attached hydrogen (secondary N) is 1. The van der Waals surface area contributed by atoms with Crippen molar-refractivity contribution in [2.24, 2.45) is 0 Å². The van der Waals surface area contributed by atoms with E-state index in [0.29, 0.717) is 29.7 Å². The molecule has 0 aliphatic rings. The number of pyridine rings is 1. The van der Waals surface area contributed by atoms with Gasteiger partial charge in [-0.3, -0.25) is 9.18 Å². The lowest BCUT2D eigenvalue weighted by Gasteiger charge is -2.10. The minimum absolute atomic E-state index is 0.243. The molecular formula is C16H17FN2O2. The number of hydrogen-bond acceptors (Lipinski definition) is 3. The Labute approximate surface area is 122 Å². The van der Waals surface area contributed by atoms with Gasteiger partial charge in [-0.2, -0.15) is 5.26 Å². The molecule has 0 saturated heterocycles. The van der Waals surface area contributed by atoms with Crippen LogP contribution in [0.1, 0.15) is 30.4 Å². The Hall–Kier alpha value is -2.35. The molecule has 0 spiro atoms. The molecule has 2 rings (SSSR count). The standard InChI is InChI=1S/C16H17FN2O2/c1-21-14-7-6-12-11(5-3-2-4-8-17)9-15(20)19-16(12)13(14)10-18/h6-7,9H,2-5,8H2,1H3,(H,19,20). The predicted molar refractivity (Wildman–Crippen MR) is 79.4 cm³/mol. The van der Waals surface area contributed by atoms with Gasteiger partial charge in [0.2, 0.25) is 5.56 Å². The molecule has 1 N–H and O–H groups in total. The Morgan fingerprint density at radius 1 is 1.33 bits per heavy atom. The highest BCUT2D eigenvalue weighted by atomic mass is 19.1. The van der Waals surface area contributed by atoms with E-state index in [1.807, 2.05) is 6.07 Å². The Bertz CT molecular complexity index is 731. The largest absolute Gasteiger partial charge is 0.495 e. The van der Waals surface area contributed by atoms with E-state index in [0.717, 1.165) is 23.8 Å². The molecule has 2 aromatic rings. The Morgan fingerprint density at radius 3 is 2.81 bits per heavy atom. The zero-order chi connectivity index (χ0) is 15.2. The Balaban J connectivity index is 2.47. The normalized spacial score (nSPS) is 10.5. The van der Waals surface area contributed by atoms with E-state index in [1.54, 1.807) is 12.1 Å². The second-order valence-corrected chi connectivity index (χ2v) is 4.84. The SMILES string of the molecule is COc1ccc2c(CCCCCF)cc(=O)[nH]c2c1C#N. The molecule has 0 aliphatic carbocycles. The number of aromatic nitrogens is 1. The number of aryl methyl sites for hydroxylation is 1. The van der Waals surface area contributed by atoms with E-state index in [4.69, 9.17) is 4.74 Å². The maximum atomic E-state index is 12.1. The Kier molecular flexibility index (Phi) is 4.94. The van der Waals surface area contributed by atoms with Gasteiger partial charge >= 0.3 is 0 Å². The number of H-pyrrole nitrogens is 1.